The lowest BCUT2D eigenvalue weighted by Gasteiger charge is -2.62. The van der Waals surface area contributed by atoms with Gasteiger partial charge in [0, 0.05) is 20.3 Å². The smallest absolute Gasteiger partial charge is 0.304 e. The zero-order valence-corrected chi connectivity index (χ0v) is 24.6. The zero-order chi connectivity index (χ0) is 26.8. The fourth-order valence-electron chi connectivity index (χ4n) is 10.4. The number of fused-ring (bicyclic) bond motifs is 3. The van der Waals surface area contributed by atoms with Gasteiger partial charge in [-0.15, -0.1) is 11.6 Å². The third kappa shape index (κ3) is 4.37. The summed E-state index contributed by atoms with van der Waals surface area (Å²) in [6.45, 7) is 12.7. The van der Waals surface area contributed by atoms with Gasteiger partial charge in [-0.25, -0.2) is 0 Å². The maximum atomic E-state index is 12.2. The minimum absolute atomic E-state index is 0.178. The van der Waals surface area contributed by atoms with Gasteiger partial charge in [0.15, 0.2) is 0 Å². The number of ether oxygens (including phenoxy) is 3. The lowest BCUT2D eigenvalue weighted by atomic mass is 9.43. The molecule has 5 fully saturated rings. The second-order valence-corrected chi connectivity index (χ2v) is 14.8. The number of hydrogen-bond donors (Lipinski definition) is 0. The Kier molecular flexibility index (Phi) is 7.49. The standard InChI is InChI=1S/C31H49ClO5/c1-18(2)8-7-9-19(3)24-10-11-25-23-16-27-31(32)17-22(35-20(4)33)12-15-30(31,28(37-27)36-21(5)34)26(23)13-14-29(24,25)6/h18-19,22-28H,7-17H2,1-6H3/t19-,22+,23-,24-,25+,26-,27-,28-,29-,30+,31?/m1/s1. The van der Waals surface area contributed by atoms with Crippen LogP contribution in [-0.4, -0.2) is 35.3 Å². The first-order valence-corrected chi connectivity index (χ1v) is 15.5. The Balaban J connectivity index is 1.41. The molecule has 1 saturated heterocycles. The van der Waals surface area contributed by atoms with Crippen molar-refractivity contribution in [3.63, 3.8) is 0 Å². The van der Waals surface area contributed by atoms with Crippen molar-refractivity contribution < 1.29 is 23.8 Å². The molecule has 4 aliphatic carbocycles. The molecular weight excluding hydrogens is 488 g/mol. The van der Waals surface area contributed by atoms with Crippen molar-refractivity contribution in [1.29, 1.82) is 0 Å². The molecule has 0 amide bonds. The van der Waals surface area contributed by atoms with Crippen LogP contribution in [0.2, 0.25) is 0 Å². The van der Waals surface area contributed by atoms with Gasteiger partial charge in [-0.3, -0.25) is 9.59 Å². The average Bonchev–Trinajstić information content (AvgIpc) is 3.20. The molecule has 6 heteroatoms. The van der Waals surface area contributed by atoms with Crippen LogP contribution < -0.4 is 0 Å². The molecule has 0 aromatic heterocycles. The van der Waals surface area contributed by atoms with E-state index in [9.17, 15) is 9.59 Å². The fraction of sp³-hybridized carbons (Fsp3) is 0.935. The predicted octanol–water partition coefficient (Wildman–Crippen LogP) is 7.28. The Hall–Kier alpha value is -0.810. The molecular formula is C31H49ClO5. The molecule has 0 aromatic carbocycles. The van der Waals surface area contributed by atoms with Crippen LogP contribution in [0.25, 0.3) is 0 Å². The molecule has 5 nitrogen and oxygen atoms in total. The number of rotatable bonds is 7. The van der Waals surface area contributed by atoms with Crippen molar-refractivity contribution in [2.75, 3.05) is 0 Å². The van der Waals surface area contributed by atoms with Crippen LogP contribution in [0, 0.1) is 46.3 Å². The molecule has 37 heavy (non-hydrogen) atoms. The minimum atomic E-state index is -0.664. The lowest BCUT2D eigenvalue weighted by molar-refractivity contribution is -0.203. The summed E-state index contributed by atoms with van der Waals surface area (Å²) in [6.07, 6.45) is 11.0. The van der Waals surface area contributed by atoms with Gasteiger partial charge in [0.25, 0.3) is 0 Å². The van der Waals surface area contributed by atoms with Gasteiger partial charge < -0.3 is 14.2 Å². The summed E-state index contributed by atoms with van der Waals surface area (Å²) in [5.41, 5.74) is -0.0422. The summed E-state index contributed by atoms with van der Waals surface area (Å²) in [5, 5.41) is 0. The predicted molar refractivity (Wildman–Crippen MR) is 144 cm³/mol. The zero-order valence-electron chi connectivity index (χ0n) is 23.9. The van der Waals surface area contributed by atoms with Crippen molar-refractivity contribution in [2.45, 2.75) is 136 Å². The second-order valence-electron chi connectivity index (χ2n) is 14.1. The van der Waals surface area contributed by atoms with E-state index in [1.165, 1.54) is 52.4 Å². The van der Waals surface area contributed by atoms with Crippen molar-refractivity contribution in [2.24, 2.45) is 46.3 Å². The Bertz CT molecular complexity index is 891. The highest BCUT2D eigenvalue weighted by molar-refractivity contribution is 6.25. The third-order valence-electron chi connectivity index (χ3n) is 11.8. The van der Waals surface area contributed by atoms with Gasteiger partial charge in [-0.05, 0) is 85.9 Å². The highest BCUT2D eigenvalue weighted by atomic mass is 35.5. The quantitative estimate of drug-likeness (QED) is 0.253. The molecule has 0 radical (unpaired) electrons. The summed E-state index contributed by atoms with van der Waals surface area (Å²) in [4.78, 5) is 23.3. The molecule has 4 saturated carbocycles. The van der Waals surface area contributed by atoms with Gasteiger partial charge in [-0.2, -0.15) is 0 Å². The van der Waals surface area contributed by atoms with E-state index in [1.807, 2.05) is 0 Å². The fourth-order valence-corrected chi connectivity index (χ4v) is 11.0. The van der Waals surface area contributed by atoms with E-state index < -0.39 is 16.6 Å². The molecule has 1 unspecified atom stereocenters. The van der Waals surface area contributed by atoms with E-state index in [-0.39, 0.29) is 24.1 Å². The van der Waals surface area contributed by atoms with Gasteiger partial charge >= 0.3 is 11.9 Å². The molecule has 0 aromatic rings. The Morgan fingerprint density at radius 2 is 1.70 bits per heavy atom. The topological polar surface area (TPSA) is 61.8 Å². The molecule has 5 rings (SSSR count). The van der Waals surface area contributed by atoms with E-state index in [2.05, 4.69) is 27.7 Å². The van der Waals surface area contributed by atoms with Gasteiger partial charge in [0.1, 0.15) is 6.10 Å². The van der Waals surface area contributed by atoms with Crippen LogP contribution in [0.15, 0.2) is 0 Å². The van der Waals surface area contributed by atoms with Crippen LogP contribution in [0.5, 0.6) is 0 Å². The first kappa shape index (κ1) is 27.7. The maximum absolute atomic E-state index is 12.2. The Morgan fingerprint density at radius 1 is 0.973 bits per heavy atom. The third-order valence-corrected chi connectivity index (χ3v) is 12.5. The van der Waals surface area contributed by atoms with E-state index in [4.69, 9.17) is 25.8 Å². The highest BCUT2D eigenvalue weighted by Gasteiger charge is 2.77. The number of halogens is 1. The lowest BCUT2D eigenvalue weighted by Crippen LogP contribution is -2.65. The molecule has 0 N–H and O–H groups in total. The minimum Gasteiger partial charge on any atom is -0.462 e. The number of alkyl halides is 1. The molecule has 210 valence electrons. The summed E-state index contributed by atoms with van der Waals surface area (Å²) in [7, 11) is 0. The summed E-state index contributed by atoms with van der Waals surface area (Å²) >= 11 is 7.64. The van der Waals surface area contributed by atoms with Crippen LogP contribution >= 0.6 is 11.6 Å². The number of esters is 2. The largest absolute Gasteiger partial charge is 0.462 e. The van der Waals surface area contributed by atoms with Gasteiger partial charge in [0.2, 0.25) is 6.29 Å². The number of hydrogen-bond acceptors (Lipinski definition) is 5. The van der Waals surface area contributed by atoms with Gasteiger partial charge in [0.05, 0.1) is 16.4 Å². The van der Waals surface area contributed by atoms with Crippen molar-refractivity contribution in [1.82, 2.24) is 0 Å². The van der Waals surface area contributed by atoms with Crippen LogP contribution in [0.3, 0.4) is 0 Å². The van der Waals surface area contributed by atoms with E-state index >= 15 is 0 Å². The molecule has 0 spiro atoms. The molecule has 1 aliphatic heterocycles. The van der Waals surface area contributed by atoms with Crippen molar-refractivity contribution in [3.05, 3.63) is 0 Å². The van der Waals surface area contributed by atoms with Gasteiger partial charge in [-0.1, -0.05) is 47.0 Å². The SMILES string of the molecule is CC(=O)O[C@H]1CC[C@@]23[C@H](OC(C)=O)O[C@H](C[C@H]4[C@H]2CC[C@]2(C)[C@@H]([C@H](C)CCCC(C)C)CC[C@@H]42)C3(Cl)C1. The monoisotopic (exact) mass is 536 g/mol. The van der Waals surface area contributed by atoms with Crippen molar-refractivity contribution in [3.8, 4) is 0 Å². The highest BCUT2D eigenvalue weighted by Crippen LogP contribution is 2.74. The Labute approximate surface area is 229 Å². The van der Waals surface area contributed by atoms with Crippen LogP contribution in [0.4, 0.5) is 0 Å². The van der Waals surface area contributed by atoms with E-state index in [1.54, 1.807) is 0 Å². The average molecular weight is 537 g/mol. The van der Waals surface area contributed by atoms with E-state index in [0.29, 0.717) is 29.6 Å². The molecule has 1 heterocycles. The second kappa shape index (κ2) is 9.98. The summed E-state index contributed by atoms with van der Waals surface area (Å²) in [5.74, 6) is 3.37. The molecule has 11 atom stereocenters. The molecule has 5 aliphatic rings. The first-order valence-electron chi connectivity index (χ1n) is 15.1. The first-order chi connectivity index (χ1) is 17.4. The van der Waals surface area contributed by atoms with E-state index in [0.717, 1.165) is 43.4 Å². The maximum Gasteiger partial charge on any atom is 0.304 e. The Morgan fingerprint density at radius 3 is 2.38 bits per heavy atom. The normalized spacial score (nSPS) is 47.1. The summed E-state index contributed by atoms with van der Waals surface area (Å²) in [6, 6.07) is 0. The van der Waals surface area contributed by atoms with Crippen molar-refractivity contribution >= 4 is 23.5 Å². The number of carbonyl (C=O) groups excluding carboxylic acids is 2. The number of carbonyl (C=O) groups is 2. The molecule has 2 bridgehead atoms. The van der Waals surface area contributed by atoms with Crippen LogP contribution in [0.1, 0.15) is 112 Å². The summed E-state index contributed by atoms with van der Waals surface area (Å²) < 4.78 is 18.2. The van der Waals surface area contributed by atoms with Crippen LogP contribution in [-0.2, 0) is 23.8 Å².